The number of carbonyl (C=O) groups excluding carboxylic acids is 1. The summed E-state index contributed by atoms with van der Waals surface area (Å²) in [5.41, 5.74) is -2.40. The second-order valence-electron chi connectivity index (χ2n) is 9.46. The minimum Gasteiger partial charge on any atom is -0.444 e. The van der Waals surface area contributed by atoms with E-state index in [0.717, 1.165) is 0 Å². The lowest BCUT2D eigenvalue weighted by Crippen LogP contribution is -2.54. The number of hydrogen-bond donors (Lipinski definition) is 2. The lowest BCUT2D eigenvalue weighted by atomic mass is 9.78. The predicted molar refractivity (Wildman–Crippen MR) is 104 cm³/mol. The van der Waals surface area contributed by atoms with Crippen LogP contribution in [0.4, 0.5) is 4.79 Å². The smallest absolute Gasteiger partial charge is 0.408 e. The summed E-state index contributed by atoms with van der Waals surface area (Å²) in [6, 6.07) is 0. The number of nitrogens with one attached hydrogen (secondary N) is 1. The number of rotatable bonds is 6. The molecule has 27 heavy (non-hydrogen) atoms. The predicted octanol–water partition coefficient (Wildman–Crippen LogP) is 3.69. The number of fused-ring (bicyclic) bond motifs is 1. The van der Waals surface area contributed by atoms with Crippen molar-refractivity contribution in [3.05, 3.63) is 25.3 Å². The van der Waals surface area contributed by atoms with Gasteiger partial charge in [-0.25, -0.2) is 4.79 Å². The molecule has 154 valence electrons. The molecule has 4 unspecified atom stereocenters. The van der Waals surface area contributed by atoms with Crippen LogP contribution >= 0.6 is 0 Å². The van der Waals surface area contributed by atoms with Crippen LogP contribution < -0.4 is 5.32 Å². The van der Waals surface area contributed by atoms with Crippen molar-refractivity contribution in [3.63, 3.8) is 0 Å². The zero-order valence-corrected chi connectivity index (χ0v) is 17.5. The average Bonchev–Trinajstić information content (AvgIpc) is 2.90. The molecule has 1 aliphatic carbocycles. The van der Waals surface area contributed by atoms with Gasteiger partial charge in [-0.15, -0.1) is 13.2 Å². The molecule has 2 rings (SSSR count). The first-order chi connectivity index (χ1) is 12.3. The van der Waals surface area contributed by atoms with Gasteiger partial charge < -0.3 is 24.6 Å². The maximum atomic E-state index is 12.5. The first-order valence-corrected chi connectivity index (χ1v) is 9.56. The molecule has 0 aromatic carbocycles. The summed E-state index contributed by atoms with van der Waals surface area (Å²) < 4.78 is 17.7. The SMILES string of the molecule is C=CCC(O)(CC=C)C1CC(C)(NC(=O)OC(C)(C)C)C2OC(C)(C)OC12. The molecule has 2 N–H and O–H groups in total. The van der Waals surface area contributed by atoms with Gasteiger partial charge >= 0.3 is 6.09 Å². The Bertz CT molecular complexity index is 584. The van der Waals surface area contributed by atoms with E-state index in [1.807, 2.05) is 41.5 Å². The van der Waals surface area contributed by atoms with E-state index < -0.39 is 34.7 Å². The van der Waals surface area contributed by atoms with Crippen molar-refractivity contribution in [1.82, 2.24) is 5.32 Å². The summed E-state index contributed by atoms with van der Waals surface area (Å²) in [5, 5.41) is 14.3. The molecule has 2 aliphatic rings. The largest absolute Gasteiger partial charge is 0.444 e. The van der Waals surface area contributed by atoms with E-state index in [-0.39, 0.29) is 12.0 Å². The van der Waals surface area contributed by atoms with E-state index >= 15 is 0 Å². The molecule has 0 aromatic rings. The molecular formula is C21H35NO5. The van der Waals surface area contributed by atoms with Crippen LogP contribution in [0.3, 0.4) is 0 Å². The number of aliphatic hydroxyl groups is 1. The van der Waals surface area contributed by atoms with Crippen LogP contribution in [0.5, 0.6) is 0 Å². The van der Waals surface area contributed by atoms with Crippen molar-refractivity contribution < 1.29 is 24.1 Å². The van der Waals surface area contributed by atoms with Crippen molar-refractivity contribution >= 4 is 6.09 Å². The van der Waals surface area contributed by atoms with Crippen LogP contribution in [0.2, 0.25) is 0 Å². The van der Waals surface area contributed by atoms with Gasteiger partial charge in [0, 0.05) is 5.92 Å². The summed E-state index contributed by atoms with van der Waals surface area (Å²) in [6.07, 6.45) is 3.45. The lowest BCUT2D eigenvalue weighted by Gasteiger charge is -2.37. The third-order valence-corrected chi connectivity index (χ3v) is 5.27. The van der Waals surface area contributed by atoms with E-state index in [1.165, 1.54) is 0 Å². The Morgan fingerprint density at radius 1 is 1.22 bits per heavy atom. The summed E-state index contributed by atoms with van der Waals surface area (Å²) in [5.74, 6) is -1.05. The third-order valence-electron chi connectivity index (χ3n) is 5.27. The summed E-state index contributed by atoms with van der Waals surface area (Å²) in [7, 11) is 0. The Labute approximate surface area is 162 Å². The number of hydrogen-bond acceptors (Lipinski definition) is 5. The van der Waals surface area contributed by atoms with Gasteiger partial charge in [-0.3, -0.25) is 0 Å². The second kappa shape index (κ2) is 7.22. The molecule has 1 saturated heterocycles. The fraction of sp³-hybridized carbons (Fsp3) is 0.762. The standard InChI is InChI=1S/C21H35NO5/c1-9-11-21(24,12-10-2)14-13-20(8,22-17(23)27-18(3,4)5)16-15(14)25-19(6,7)26-16/h9-10,14-16,24H,1-2,11-13H2,3-8H3,(H,22,23). The molecule has 1 saturated carbocycles. The zero-order valence-electron chi connectivity index (χ0n) is 17.5. The van der Waals surface area contributed by atoms with Crippen molar-refractivity contribution in [2.45, 2.75) is 95.5 Å². The minimum atomic E-state index is -1.07. The first kappa shape index (κ1) is 21.9. The van der Waals surface area contributed by atoms with Gasteiger partial charge in [0.1, 0.15) is 11.7 Å². The summed E-state index contributed by atoms with van der Waals surface area (Å²) in [6.45, 7) is 18.6. The molecule has 1 amide bonds. The van der Waals surface area contributed by atoms with E-state index in [1.54, 1.807) is 12.2 Å². The molecule has 1 heterocycles. The molecule has 4 atom stereocenters. The maximum Gasteiger partial charge on any atom is 0.408 e. The van der Waals surface area contributed by atoms with E-state index in [4.69, 9.17) is 14.2 Å². The van der Waals surface area contributed by atoms with E-state index in [2.05, 4.69) is 18.5 Å². The zero-order chi connectivity index (χ0) is 20.7. The Morgan fingerprint density at radius 3 is 2.26 bits per heavy atom. The highest BCUT2D eigenvalue weighted by Crippen LogP contribution is 2.51. The highest BCUT2D eigenvalue weighted by molar-refractivity contribution is 5.69. The van der Waals surface area contributed by atoms with Crippen molar-refractivity contribution in [1.29, 1.82) is 0 Å². The Balaban J connectivity index is 2.33. The highest BCUT2D eigenvalue weighted by Gasteiger charge is 2.64. The number of amides is 1. The summed E-state index contributed by atoms with van der Waals surface area (Å²) in [4.78, 5) is 12.5. The monoisotopic (exact) mass is 381 g/mol. The number of alkyl carbamates (subject to hydrolysis) is 1. The molecule has 1 aliphatic heterocycles. The lowest BCUT2D eigenvalue weighted by molar-refractivity contribution is -0.175. The Morgan fingerprint density at radius 2 is 1.78 bits per heavy atom. The van der Waals surface area contributed by atoms with Crippen molar-refractivity contribution in [3.8, 4) is 0 Å². The molecular weight excluding hydrogens is 346 g/mol. The molecule has 0 bridgehead atoms. The Kier molecular flexibility index (Phi) is 5.87. The fourth-order valence-electron chi connectivity index (χ4n) is 4.31. The van der Waals surface area contributed by atoms with Crippen LogP contribution in [-0.2, 0) is 14.2 Å². The van der Waals surface area contributed by atoms with Crippen LogP contribution in [0.1, 0.15) is 60.8 Å². The average molecular weight is 382 g/mol. The van der Waals surface area contributed by atoms with Gasteiger partial charge in [-0.05, 0) is 60.8 Å². The van der Waals surface area contributed by atoms with Crippen LogP contribution in [-0.4, -0.2) is 45.9 Å². The summed E-state index contributed by atoms with van der Waals surface area (Å²) >= 11 is 0. The molecule has 2 fully saturated rings. The molecule has 0 radical (unpaired) electrons. The molecule has 6 heteroatoms. The second-order valence-corrected chi connectivity index (χ2v) is 9.46. The highest BCUT2D eigenvalue weighted by atomic mass is 16.8. The normalized spacial score (nSPS) is 32.6. The maximum absolute atomic E-state index is 12.5. The quantitative estimate of drug-likeness (QED) is 0.686. The molecule has 0 spiro atoms. The fourth-order valence-corrected chi connectivity index (χ4v) is 4.31. The van der Waals surface area contributed by atoms with E-state index in [9.17, 15) is 9.90 Å². The topological polar surface area (TPSA) is 77.0 Å². The number of ether oxygens (including phenoxy) is 3. The minimum absolute atomic E-state index is 0.250. The van der Waals surface area contributed by atoms with Crippen LogP contribution in [0.15, 0.2) is 25.3 Å². The van der Waals surface area contributed by atoms with Crippen LogP contribution in [0, 0.1) is 5.92 Å². The third kappa shape index (κ3) is 4.73. The van der Waals surface area contributed by atoms with Crippen molar-refractivity contribution in [2.24, 2.45) is 5.92 Å². The van der Waals surface area contributed by atoms with Gasteiger partial charge in [0.15, 0.2) is 5.79 Å². The van der Waals surface area contributed by atoms with Gasteiger partial charge in [-0.2, -0.15) is 0 Å². The molecule has 6 nitrogen and oxygen atoms in total. The first-order valence-electron chi connectivity index (χ1n) is 9.56. The van der Waals surface area contributed by atoms with Gasteiger partial charge in [0.25, 0.3) is 0 Å². The van der Waals surface area contributed by atoms with Gasteiger partial charge in [-0.1, -0.05) is 12.2 Å². The van der Waals surface area contributed by atoms with Crippen LogP contribution in [0.25, 0.3) is 0 Å². The van der Waals surface area contributed by atoms with E-state index in [0.29, 0.717) is 19.3 Å². The number of carbonyl (C=O) groups is 1. The van der Waals surface area contributed by atoms with Crippen molar-refractivity contribution in [2.75, 3.05) is 0 Å². The van der Waals surface area contributed by atoms with Gasteiger partial charge in [0.05, 0.1) is 17.2 Å². The van der Waals surface area contributed by atoms with Gasteiger partial charge in [0.2, 0.25) is 0 Å². The molecule has 0 aromatic heterocycles. The Hall–Kier alpha value is -1.37.